The second-order valence-corrected chi connectivity index (χ2v) is 7.79. The van der Waals surface area contributed by atoms with Crippen molar-refractivity contribution in [3.05, 3.63) is 35.4 Å². The summed E-state index contributed by atoms with van der Waals surface area (Å²) in [5, 5.41) is 6.68. The minimum Gasteiger partial charge on any atom is -0.356 e. The van der Waals surface area contributed by atoms with E-state index in [1.807, 2.05) is 11.8 Å². The number of guanidine groups is 1. The van der Waals surface area contributed by atoms with Crippen molar-refractivity contribution in [1.82, 2.24) is 15.5 Å². The number of aliphatic imine (C=N–C) groups is 1. The van der Waals surface area contributed by atoms with Crippen LogP contribution in [0.4, 0.5) is 8.78 Å². The van der Waals surface area contributed by atoms with Gasteiger partial charge in [0.05, 0.1) is 0 Å². The number of hydrogen-bond donors (Lipinski definition) is 2. The van der Waals surface area contributed by atoms with Crippen molar-refractivity contribution in [2.75, 3.05) is 26.7 Å². The SMILES string of the molecule is CCC(CC)C(=O)N1CCC(NC(=NC)NCC(C)c2ccc(F)c(F)c2)CC1. The summed E-state index contributed by atoms with van der Waals surface area (Å²) >= 11 is 0. The highest BCUT2D eigenvalue weighted by molar-refractivity contribution is 5.80. The third kappa shape index (κ3) is 6.41. The van der Waals surface area contributed by atoms with E-state index in [4.69, 9.17) is 0 Å². The largest absolute Gasteiger partial charge is 0.356 e. The lowest BCUT2D eigenvalue weighted by molar-refractivity contribution is -0.136. The van der Waals surface area contributed by atoms with Crippen LogP contribution in [0.15, 0.2) is 23.2 Å². The van der Waals surface area contributed by atoms with Crippen molar-refractivity contribution in [2.45, 2.75) is 58.4 Å². The summed E-state index contributed by atoms with van der Waals surface area (Å²) in [6, 6.07) is 4.26. The van der Waals surface area contributed by atoms with Crippen LogP contribution in [0.1, 0.15) is 57.9 Å². The number of likely N-dealkylation sites (tertiary alicyclic amines) is 1. The molecule has 0 aromatic heterocycles. The zero-order valence-electron chi connectivity index (χ0n) is 18.0. The highest BCUT2D eigenvalue weighted by Crippen LogP contribution is 2.18. The lowest BCUT2D eigenvalue weighted by atomic mass is 9.98. The Balaban J connectivity index is 1.80. The Morgan fingerprint density at radius 2 is 1.86 bits per heavy atom. The molecule has 29 heavy (non-hydrogen) atoms. The van der Waals surface area contributed by atoms with Crippen LogP contribution in [-0.4, -0.2) is 49.5 Å². The fourth-order valence-electron chi connectivity index (χ4n) is 3.71. The molecular formula is C22H34F2N4O. The normalized spacial score (nSPS) is 16.8. The molecule has 1 aromatic rings. The summed E-state index contributed by atoms with van der Waals surface area (Å²) in [6.45, 7) is 8.16. The lowest BCUT2D eigenvalue weighted by Gasteiger charge is -2.35. The van der Waals surface area contributed by atoms with E-state index in [-0.39, 0.29) is 23.8 Å². The first-order chi connectivity index (χ1) is 13.9. The molecule has 1 fully saturated rings. The fraction of sp³-hybridized carbons (Fsp3) is 0.636. The van der Waals surface area contributed by atoms with Gasteiger partial charge in [-0.25, -0.2) is 8.78 Å². The Labute approximate surface area is 173 Å². The minimum absolute atomic E-state index is 0.00291. The first kappa shape index (κ1) is 23.1. The summed E-state index contributed by atoms with van der Waals surface area (Å²) < 4.78 is 26.5. The molecule has 0 saturated carbocycles. The van der Waals surface area contributed by atoms with E-state index in [0.29, 0.717) is 12.5 Å². The molecule has 1 aliphatic rings. The molecule has 1 unspecified atom stereocenters. The maximum absolute atomic E-state index is 13.4. The van der Waals surface area contributed by atoms with Crippen LogP contribution >= 0.6 is 0 Å². The molecule has 162 valence electrons. The van der Waals surface area contributed by atoms with Gasteiger partial charge in [0.2, 0.25) is 5.91 Å². The standard InChI is InChI=1S/C22H34F2N4O/c1-5-16(6-2)21(29)28-11-9-18(10-12-28)27-22(25-4)26-14-15(3)17-7-8-19(23)20(24)13-17/h7-8,13,15-16,18H,5-6,9-12,14H2,1-4H3,(H2,25,26,27). The van der Waals surface area contributed by atoms with E-state index in [0.717, 1.165) is 50.4 Å². The topological polar surface area (TPSA) is 56.7 Å². The zero-order chi connectivity index (χ0) is 21.4. The quantitative estimate of drug-likeness (QED) is 0.535. The summed E-state index contributed by atoms with van der Waals surface area (Å²) in [4.78, 5) is 18.8. The van der Waals surface area contributed by atoms with Gasteiger partial charge in [0.25, 0.3) is 0 Å². The van der Waals surface area contributed by atoms with Crippen LogP contribution in [0.5, 0.6) is 0 Å². The molecular weight excluding hydrogens is 374 g/mol. The Morgan fingerprint density at radius 3 is 2.41 bits per heavy atom. The summed E-state index contributed by atoms with van der Waals surface area (Å²) in [5.74, 6) is -0.567. The van der Waals surface area contributed by atoms with Gasteiger partial charge < -0.3 is 15.5 Å². The molecule has 1 saturated heterocycles. The smallest absolute Gasteiger partial charge is 0.225 e. The van der Waals surface area contributed by atoms with Crippen LogP contribution in [0.25, 0.3) is 0 Å². The number of nitrogens with zero attached hydrogens (tertiary/aromatic N) is 2. The van der Waals surface area contributed by atoms with E-state index < -0.39 is 11.6 Å². The third-order valence-corrected chi connectivity index (χ3v) is 5.79. The lowest BCUT2D eigenvalue weighted by Crippen LogP contribution is -2.51. The van der Waals surface area contributed by atoms with Gasteiger partial charge in [0.1, 0.15) is 0 Å². The molecule has 2 N–H and O–H groups in total. The molecule has 0 bridgehead atoms. The number of piperidine rings is 1. The van der Waals surface area contributed by atoms with E-state index in [9.17, 15) is 13.6 Å². The molecule has 1 heterocycles. The molecule has 1 aromatic carbocycles. The molecule has 0 aliphatic carbocycles. The third-order valence-electron chi connectivity index (χ3n) is 5.79. The van der Waals surface area contributed by atoms with Gasteiger partial charge in [-0.05, 0) is 49.3 Å². The summed E-state index contributed by atoms with van der Waals surface area (Å²) in [5.41, 5.74) is 0.736. The summed E-state index contributed by atoms with van der Waals surface area (Å²) in [6.07, 6.45) is 3.54. The monoisotopic (exact) mass is 408 g/mol. The number of carbonyl (C=O) groups is 1. The maximum Gasteiger partial charge on any atom is 0.225 e. The van der Waals surface area contributed by atoms with Crippen molar-refractivity contribution < 1.29 is 13.6 Å². The maximum atomic E-state index is 13.4. The molecule has 1 aliphatic heterocycles. The zero-order valence-corrected chi connectivity index (χ0v) is 18.0. The average molecular weight is 409 g/mol. The van der Waals surface area contributed by atoms with Gasteiger partial charge >= 0.3 is 0 Å². The first-order valence-corrected chi connectivity index (χ1v) is 10.6. The van der Waals surface area contributed by atoms with Gasteiger partial charge in [-0.3, -0.25) is 9.79 Å². The predicted octanol–water partition coefficient (Wildman–Crippen LogP) is 3.66. The van der Waals surface area contributed by atoms with E-state index in [2.05, 4.69) is 29.5 Å². The van der Waals surface area contributed by atoms with Gasteiger partial charge in [-0.1, -0.05) is 26.8 Å². The van der Waals surface area contributed by atoms with Crippen molar-refractivity contribution in [3.8, 4) is 0 Å². The van der Waals surface area contributed by atoms with Crippen LogP contribution in [-0.2, 0) is 4.79 Å². The molecule has 2 rings (SSSR count). The van der Waals surface area contributed by atoms with Gasteiger partial charge in [0.15, 0.2) is 17.6 Å². The first-order valence-electron chi connectivity index (χ1n) is 10.6. The number of benzene rings is 1. The van der Waals surface area contributed by atoms with Crippen molar-refractivity contribution in [2.24, 2.45) is 10.9 Å². The van der Waals surface area contributed by atoms with Crippen molar-refractivity contribution in [1.29, 1.82) is 0 Å². The van der Waals surface area contributed by atoms with Crippen LogP contribution in [0, 0.1) is 17.6 Å². The van der Waals surface area contributed by atoms with E-state index >= 15 is 0 Å². The average Bonchev–Trinajstić information content (AvgIpc) is 2.74. The van der Waals surface area contributed by atoms with Crippen molar-refractivity contribution in [3.63, 3.8) is 0 Å². The minimum atomic E-state index is -0.833. The predicted molar refractivity (Wildman–Crippen MR) is 113 cm³/mol. The molecule has 0 radical (unpaired) electrons. The fourth-order valence-corrected chi connectivity index (χ4v) is 3.71. The molecule has 1 amide bonds. The van der Waals surface area contributed by atoms with Crippen molar-refractivity contribution >= 4 is 11.9 Å². The Morgan fingerprint density at radius 1 is 1.21 bits per heavy atom. The molecule has 1 atom stereocenters. The van der Waals surface area contributed by atoms with Gasteiger partial charge in [-0.15, -0.1) is 0 Å². The highest BCUT2D eigenvalue weighted by atomic mass is 19.2. The van der Waals surface area contributed by atoms with Crippen LogP contribution in [0.3, 0.4) is 0 Å². The molecule has 0 spiro atoms. The molecule has 7 heteroatoms. The number of carbonyl (C=O) groups excluding carboxylic acids is 1. The Bertz CT molecular complexity index is 698. The Kier molecular flexibility index (Phi) is 8.86. The number of amides is 1. The Hall–Kier alpha value is -2.18. The van der Waals surface area contributed by atoms with Gasteiger partial charge in [-0.2, -0.15) is 0 Å². The summed E-state index contributed by atoms with van der Waals surface area (Å²) in [7, 11) is 1.71. The van der Waals surface area contributed by atoms with Crippen LogP contribution in [0.2, 0.25) is 0 Å². The van der Waals surface area contributed by atoms with E-state index in [1.165, 1.54) is 6.07 Å². The number of halogens is 2. The second kappa shape index (κ2) is 11.1. The number of rotatable bonds is 7. The second-order valence-electron chi connectivity index (χ2n) is 7.79. The number of nitrogens with one attached hydrogen (secondary N) is 2. The highest BCUT2D eigenvalue weighted by Gasteiger charge is 2.26. The van der Waals surface area contributed by atoms with Crippen LogP contribution < -0.4 is 10.6 Å². The number of hydrogen-bond acceptors (Lipinski definition) is 2. The van der Waals surface area contributed by atoms with Gasteiger partial charge in [0, 0.05) is 38.6 Å². The van der Waals surface area contributed by atoms with E-state index in [1.54, 1.807) is 13.1 Å². The molecule has 5 nitrogen and oxygen atoms in total.